The summed E-state index contributed by atoms with van der Waals surface area (Å²) in [5.74, 6) is -1.14. The van der Waals surface area contributed by atoms with E-state index in [2.05, 4.69) is 20.2 Å². The normalized spacial score (nSPS) is 14.5. The molecule has 0 unspecified atom stereocenters. The zero-order valence-electron chi connectivity index (χ0n) is 9.61. The topological polar surface area (TPSA) is 114 Å². The third kappa shape index (κ3) is 2.36. The molecule has 2 aromatic heterocycles. The van der Waals surface area contributed by atoms with Crippen LogP contribution in [-0.2, 0) is 0 Å². The van der Waals surface area contributed by atoms with Crippen molar-refractivity contribution in [3.63, 3.8) is 0 Å². The SMILES string of the molecule is O=C(O)c1cncc(Sc2n[nH]c(=O)n2C2CC2)n1. The van der Waals surface area contributed by atoms with Gasteiger partial charge in [0.05, 0.1) is 12.4 Å². The summed E-state index contributed by atoms with van der Waals surface area (Å²) in [4.78, 5) is 30.1. The molecule has 8 nitrogen and oxygen atoms in total. The van der Waals surface area contributed by atoms with Crippen molar-refractivity contribution in [3.8, 4) is 0 Å². The molecule has 98 valence electrons. The smallest absolute Gasteiger partial charge is 0.356 e. The average molecular weight is 279 g/mol. The maximum absolute atomic E-state index is 11.6. The van der Waals surface area contributed by atoms with E-state index in [4.69, 9.17) is 5.11 Å². The molecular formula is C10H9N5O3S. The second kappa shape index (κ2) is 4.50. The van der Waals surface area contributed by atoms with Gasteiger partial charge in [-0.1, -0.05) is 0 Å². The standard InChI is InChI=1S/C10H9N5O3S/c16-8(17)6-3-11-4-7(12-6)19-10-14-13-9(18)15(10)5-1-2-5/h3-5H,1-2H2,(H,13,18)(H,16,17). The van der Waals surface area contributed by atoms with Crippen LogP contribution in [0.4, 0.5) is 0 Å². The second-order valence-electron chi connectivity index (χ2n) is 4.06. The van der Waals surface area contributed by atoms with E-state index >= 15 is 0 Å². The number of hydrogen-bond donors (Lipinski definition) is 2. The summed E-state index contributed by atoms with van der Waals surface area (Å²) in [6.45, 7) is 0. The minimum atomic E-state index is -1.14. The number of carboxylic acids is 1. The van der Waals surface area contributed by atoms with Gasteiger partial charge in [-0.15, -0.1) is 5.10 Å². The third-order valence-electron chi connectivity index (χ3n) is 2.61. The number of aromatic carboxylic acids is 1. The molecule has 0 saturated heterocycles. The number of rotatable bonds is 4. The van der Waals surface area contributed by atoms with Gasteiger partial charge >= 0.3 is 11.7 Å². The Hall–Kier alpha value is -2.16. The Morgan fingerprint density at radius 1 is 1.47 bits per heavy atom. The lowest BCUT2D eigenvalue weighted by molar-refractivity contribution is 0.0689. The molecular weight excluding hydrogens is 270 g/mol. The number of carbonyl (C=O) groups is 1. The predicted molar refractivity (Wildman–Crippen MR) is 64.2 cm³/mol. The van der Waals surface area contributed by atoms with Gasteiger partial charge in [-0.25, -0.2) is 19.7 Å². The lowest BCUT2D eigenvalue weighted by atomic mass is 10.5. The van der Waals surface area contributed by atoms with Gasteiger partial charge in [0.25, 0.3) is 0 Å². The van der Waals surface area contributed by atoms with E-state index in [1.165, 1.54) is 12.4 Å². The summed E-state index contributed by atoms with van der Waals surface area (Å²) < 4.78 is 1.57. The van der Waals surface area contributed by atoms with E-state index in [1.807, 2.05) is 0 Å². The largest absolute Gasteiger partial charge is 0.476 e. The van der Waals surface area contributed by atoms with Crippen LogP contribution in [0.5, 0.6) is 0 Å². The fourth-order valence-corrected chi connectivity index (χ4v) is 2.48. The van der Waals surface area contributed by atoms with Crippen molar-refractivity contribution in [2.45, 2.75) is 29.1 Å². The van der Waals surface area contributed by atoms with Crippen molar-refractivity contribution in [1.82, 2.24) is 24.7 Å². The Morgan fingerprint density at radius 3 is 2.95 bits per heavy atom. The molecule has 0 radical (unpaired) electrons. The van der Waals surface area contributed by atoms with E-state index in [1.54, 1.807) is 4.57 Å². The van der Waals surface area contributed by atoms with Crippen LogP contribution in [0.2, 0.25) is 0 Å². The first-order valence-electron chi connectivity index (χ1n) is 5.55. The molecule has 0 atom stereocenters. The Labute approximate surface area is 110 Å². The molecule has 9 heteroatoms. The summed E-state index contributed by atoms with van der Waals surface area (Å²) in [5, 5.41) is 16.0. The Morgan fingerprint density at radius 2 is 2.26 bits per heavy atom. The van der Waals surface area contributed by atoms with Gasteiger partial charge in [-0.05, 0) is 24.6 Å². The summed E-state index contributed by atoms with van der Waals surface area (Å²) >= 11 is 1.12. The van der Waals surface area contributed by atoms with Gasteiger partial charge in [0, 0.05) is 6.04 Å². The highest BCUT2D eigenvalue weighted by Gasteiger charge is 2.29. The number of aromatic nitrogens is 5. The molecule has 0 aromatic carbocycles. The number of hydrogen-bond acceptors (Lipinski definition) is 6. The van der Waals surface area contributed by atoms with Gasteiger partial charge in [-0.3, -0.25) is 9.55 Å². The van der Waals surface area contributed by atoms with Crippen LogP contribution in [0.1, 0.15) is 29.4 Å². The van der Waals surface area contributed by atoms with E-state index in [-0.39, 0.29) is 17.4 Å². The van der Waals surface area contributed by atoms with E-state index < -0.39 is 5.97 Å². The Kier molecular flexibility index (Phi) is 2.82. The molecule has 1 saturated carbocycles. The van der Waals surface area contributed by atoms with Crippen LogP contribution < -0.4 is 5.69 Å². The molecule has 0 amide bonds. The lowest BCUT2D eigenvalue weighted by Gasteiger charge is -2.02. The average Bonchev–Trinajstić information content (AvgIpc) is 3.15. The Balaban J connectivity index is 1.91. The zero-order chi connectivity index (χ0) is 13.4. The van der Waals surface area contributed by atoms with Crippen molar-refractivity contribution in [2.75, 3.05) is 0 Å². The molecule has 0 aliphatic heterocycles. The highest BCUT2D eigenvalue weighted by molar-refractivity contribution is 7.99. The quantitative estimate of drug-likeness (QED) is 0.839. The first kappa shape index (κ1) is 11.9. The van der Waals surface area contributed by atoms with Gasteiger partial charge in [0.15, 0.2) is 10.9 Å². The van der Waals surface area contributed by atoms with Crippen molar-refractivity contribution in [3.05, 3.63) is 28.6 Å². The van der Waals surface area contributed by atoms with Crippen molar-refractivity contribution in [1.29, 1.82) is 0 Å². The Bertz CT molecular complexity index is 690. The molecule has 0 bridgehead atoms. The molecule has 3 rings (SSSR count). The maximum Gasteiger partial charge on any atom is 0.356 e. The third-order valence-corrected chi connectivity index (χ3v) is 3.49. The minimum Gasteiger partial charge on any atom is -0.476 e. The number of aromatic amines is 1. The molecule has 2 aromatic rings. The van der Waals surface area contributed by atoms with Crippen molar-refractivity contribution in [2.24, 2.45) is 0 Å². The van der Waals surface area contributed by atoms with Crippen LogP contribution >= 0.6 is 11.8 Å². The molecule has 2 N–H and O–H groups in total. The summed E-state index contributed by atoms with van der Waals surface area (Å²) in [5.41, 5.74) is -0.395. The molecule has 1 aliphatic carbocycles. The monoisotopic (exact) mass is 279 g/mol. The summed E-state index contributed by atoms with van der Waals surface area (Å²) in [6.07, 6.45) is 4.51. The van der Waals surface area contributed by atoms with E-state index in [0.717, 1.165) is 24.6 Å². The fraction of sp³-hybridized carbons (Fsp3) is 0.300. The van der Waals surface area contributed by atoms with Crippen LogP contribution in [-0.4, -0.2) is 35.8 Å². The lowest BCUT2D eigenvalue weighted by Crippen LogP contribution is -2.16. The highest BCUT2D eigenvalue weighted by Crippen LogP contribution is 2.37. The van der Waals surface area contributed by atoms with Gasteiger partial charge in [0.1, 0.15) is 5.03 Å². The number of carboxylic acid groups (broad SMARTS) is 1. The number of nitrogens with zero attached hydrogens (tertiary/aromatic N) is 4. The molecule has 19 heavy (non-hydrogen) atoms. The van der Waals surface area contributed by atoms with Crippen LogP contribution in [0.25, 0.3) is 0 Å². The summed E-state index contributed by atoms with van der Waals surface area (Å²) in [6, 6.07) is 0.185. The predicted octanol–water partition coefficient (Wildman–Crippen LogP) is 0.546. The number of nitrogens with one attached hydrogen (secondary N) is 1. The van der Waals surface area contributed by atoms with Gasteiger partial charge < -0.3 is 5.11 Å². The van der Waals surface area contributed by atoms with Crippen LogP contribution in [0.15, 0.2) is 27.4 Å². The van der Waals surface area contributed by atoms with Crippen molar-refractivity contribution < 1.29 is 9.90 Å². The van der Waals surface area contributed by atoms with Gasteiger partial charge in [0.2, 0.25) is 0 Å². The number of H-pyrrole nitrogens is 1. The fourth-order valence-electron chi connectivity index (χ4n) is 1.61. The zero-order valence-corrected chi connectivity index (χ0v) is 10.4. The second-order valence-corrected chi connectivity index (χ2v) is 5.05. The minimum absolute atomic E-state index is 0.138. The highest BCUT2D eigenvalue weighted by atomic mass is 32.2. The molecule has 2 heterocycles. The van der Waals surface area contributed by atoms with Crippen LogP contribution in [0.3, 0.4) is 0 Å². The molecule has 0 spiro atoms. The first-order valence-corrected chi connectivity index (χ1v) is 6.37. The van der Waals surface area contributed by atoms with Crippen molar-refractivity contribution >= 4 is 17.7 Å². The van der Waals surface area contributed by atoms with Gasteiger partial charge in [-0.2, -0.15) is 0 Å². The van der Waals surface area contributed by atoms with Crippen LogP contribution in [0, 0.1) is 0 Å². The molecule has 1 aliphatic rings. The first-order chi connectivity index (χ1) is 9.15. The summed E-state index contributed by atoms with van der Waals surface area (Å²) in [7, 11) is 0. The van der Waals surface area contributed by atoms with E-state index in [0.29, 0.717) is 10.2 Å². The maximum atomic E-state index is 11.6. The van der Waals surface area contributed by atoms with E-state index in [9.17, 15) is 9.59 Å². The molecule has 1 fully saturated rings.